The molecule has 0 radical (unpaired) electrons. The Morgan fingerprint density at radius 1 is 1.12 bits per heavy atom. The van der Waals surface area contributed by atoms with Gasteiger partial charge in [0, 0.05) is 6.20 Å². The monoisotopic (exact) mass is 370 g/mol. The van der Waals surface area contributed by atoms with Crippen molar-refractivity contribution in [3.8, 4) is 0 Å². The van der Waals surface area contributed by atoms with Crippen LogP contribution < -0.4 is 4.72 Å². The molecule has 6 nitrogen and oxygen atoms in total. The Morgan fingerprint density at radius 3 is 2.58 bits per heavy atom. The lowest BCUT2D eigenvalue weighted by molar-refractivity contribution is 0.256. The maximum absolute atomic E-state index is 12.5. The lowest BCUT2D eigenvalue weighted by Crippen LogP contribution is -2.29. The zero-order valence-corrected chi connectivity index (χ0v) is 15.5. The zero-order chi connectivity index (χ0) is 18.1. The van der Waals surface area contributed by atoms with Crippen LogP contribution in [0.4, 0.5) is 5.82 Å². The Kier molecular flexibility index (Phi) is 4.42. The van der Waals surface area contributed by atoms with Crippen LogP contribution in [0, 0.1) is 0 Å². The predicted molar refractivity (Wildman–Crippen MR) is 103 cm³/mol. The number of anilines is 1. The van der Waals surface area contributed by atoms with Gasteiger partial charge in [0.25, 0.3) is 10.0 Å². The van der Waals surface area contributed by atoms with Gasteiger partial charge in [-0.2, -0.15) is 0 Å². The molecule has 1 aliphatic heterocycles. The first-order valence-electron chi connectivity index (χ1n) is 8.77. The van der Waals surface area contributed by atoms with Crippen molar-refractivity contribution in [2.24, 2.45) is 0 Å². The fourth-order valence-corrected chi connectivity index (χ4v) is 4.53. The molecular formula is C19H22N4O2S. The Balaban J connectivity index is 1.64. The van der Waals surface area contributed by atoms with Crippen LogP contribution in [0.3, 0.4) is 0 Å². The molecule has 3 heterocycles. The summed E-state index contributed by atoms with van der Waals surface area (Å²) < 4.78 is 27.7. The molecule has 1 aliphatic rings. The average molecular weight is 370 g/mol. The zero-order valence-electron chi connectivity index (χ0n) is 14.6. The van der Waals surface area contributed by atoms with Crippen molar-refractivity contribution in [2.45, 2.75) is 23.7 Å². The van der Waals surface area contributed by atoms with Crippen molar-refractivity contribution in [1.82, 2.24) is 14.9 Å². The number of likely N-dealkylation sites (tertiary alicyclic amines) is 1. The van der Waals surface area contributed by atoms with Crippen molar-refractivity contribution >= 4 is 26.9 Å². The molecule has 1 saturated heterocycles. The number of H-pyrrole nitrogens is 1. The number of pyridine rings is 1. The minimum Gasteiger partial charge on any atom is -0.360 e. The van der Waals surface area contributed by atoms with Crippen molar-refractivity contribution in [3.05, 3.63) is 54.2 Å². The van der Waals surface area contributed by atoms with Gasteiger partial charge in [-0.1, -0.05) is 18.2 Å². The first-order valence-corrected chi connectivity index (χ1v) is 10.3. The molecule has 0 aliphatic carbocycles. The minimum absolute atomic E-state index is 0.228. The maximum atomic E-state index is 12.5. The first kappa shape index (κ1) is 17.1. The van der Waals surface area contributed by atoms with Crippen LogP contribution in [0.15, 0.2) is 53.6 Å². The van der Waals surface area contributed by atoms with Crippen LogP contribution >= 0.6 is 0 Å². The molecular weight excluding hydrogens is 348 g/mol. The SMILES string of the molecule is CN1CCC(c2c[nH]c3ccc(NS(=O)(=O)c4ccccc4)nc23)CC1. The van der Waals surface area contributed by atoms with E-state index in [2.05, 4.69) is 26.6 Å². The van der Waals surface area contributed by atoms with E-state index >= 15 is 0 Å². The molecule has 4 rings (SSSR count). The van der Waals surface area contributed by atoms with Gasteiger partial charge in [-0.3, -0.25) is 4.72 Å². The first-order chi connectivity index (χ1) is 12.5. The third kappa shape index (κ3) is 3.32. The molecule has 2 aromatic heterocycles. The van der Waals surface area contributed by atoms with Crippen molar-refractivity contribution in [3.63, 3.8) is 0 Å². The quantitative estimate of drug-likeness (QED) is 0.739. The number of piperidine rings is 1. The van der Waals surface area contributed by atoms with E-state index < -0.39 is 10.0 Å². The number of aromatic nitrogens is 2. The van der Waals surface area contributed by atoms with Crippen molar-refractivity contribution in [2.75, 3.05) is 24.9 Å². The average Bonchev–Trinajstić information content (AvgIpc) is 3.06. The Bertz CT molecular complexity index is 1010. The number of rotatable bonds is 4. The van der Waals surface area contributed by atoms with E-state index in [1.54, 1.807) is 36.4 Å². The highest BCUT2D eigenvalue weighted by Crippen LogP contribution is 2.32. The molecule has 2 N–H and O–H groups in total. The number of hydrogen-bond donors (Lipinski definition) is 2. The third-order valence-corrected chi connectivity index (χ3v) is 6.37. The molecule has 1 fully saturated rings. The fourth-order valence-electron chi connectivity index (χ4n) is 3.50. The summed E-state index contributed by atoms with van der Waals surface area (Å²) in [5.41, 5.74) is 2.96. The van der Waals surface area contributed by atoms with Crippen LogP contribution in [0.1, 0.15) is 24.3 Å². The molecule has 26 heavy (non-hydrogen) atoms. The van der Waals surface area contributed by atoms with Crippen molar-refractivity contribution in [1.29, 1.82) is 0 Å². The van der Waals surface area contributed by atoms with Gasteiger partial charge < -0.3 is 9.88 Å². The third-order valence-electron chi connectivity index (χ3n) is 5.00. The Morgan fingerprint density at radius 2 is 1.85 bits per heavy atom. The van der Waals surface area contributed by atoms with Crippen LogP contribution in [0.25, 0.3) is 11.0 Å². The number of fused-ring (bicyclic) bond motifs is 1. The van der Waals surface area contributed by atoms with Gasteiger partial charge in [0.05, 0.1) is 15.9 Å². The van der Waals surface area contributed by atoms with E-state index in [0.29, 0.717) is 11.7 Å². The molecule has 0 saturated carbocycles. The molecule has 0 atom stereocenters. The van der Waals surface area contributed by atoms with Gasteiger partial charge in [-0.15, -0.1) is 0 Å². The highest BCUT2D eigenvalue weighted by molar-refractivity contribution is 7.92. The molecule has 0 spiro atoms. The largest absolute Gasteiger partial charge is 0.360 e. The smallest absolute Gasteiger partial charge is 0.263 e. The summed E-state index contributed by atoms with van der Waals surface area (Å²) in [6.07, 6.45) is 4.19. The Hall–Kier alpha value is -2.38. The summed E-state index contributed by atoms with van der Waals surface area (Å²) in [6.45, 7) is 2.13. The molecule has 136 valence electrons. The van der Waals surface area contributed by atoms with E-state index in [-0.39, 0.29) is 4.90 Å². The lowest BCUT2D eigenvalue weighted by atomic mass is 9.91. The van der Waals surface area contributed by atoms with E-state index in [0.717, 1.165) is 37.0 Å². The Labute approximate surface area is 153 Å². The lowest BCUT2D eigenvalue weighted by Gasteiger charge is -2.28. The molecule has 3 aromatic rings. The van der Waals surface area contributed by atoms with Gasteiger partial charge in [0.1, 0.15) is 5.82 Å². The van der Waals surface area contributed by atoms with E-state index in [4.69, 9.17) is 0 Å². The van der Waals surface area contributed by atoms with Crippen LogP contribution in [0.2, 0.25) is 0 Å². The van der Waals surface area contributed by atoms with Crippen LogP contribution in [0.5, 0.6) is 0 Å². The van der Waals surface area contributed by atoms with Gasteiger partial charge >= 0.3 is 0 Å². The normalized spacial score (nSPS) is 16.8. The summed E-state index contributed by atoms with van der Waals surface area (Å²) in [6, 6.07) is 11.9. The maximum Gasteiger partial charge on any atom is 0.263 e. The van der Waals surface area contributed by atoms with E-state index in [9.17, 15) is 8.42 Å². The molecule has 0 bridgehead atoms. The molecule has 0 unspecified atom stereocenters. The fraction of sp³-hybridized carbons (Fsp3) is 0.316. The molecule has 1 aromatic carbocycles. The van der Waals surface area contributed by atoms with Crippen molar-refractivity contribution < 1.29 is 8.42 Å². The second kappa shape index (κ2) is 6.74. The van der Waals surface area contributed by atoms with E-state index in [1.165, 1.54) is 5.56 Å². The summed E-state index contributed by atoms with van der Waals surface area (Å²) >= 11 is 0. The summed E-state index contributed by atoms with van der Waals surface area (Å²) in [7, 11) is -1.50. The predicted octanol–water partition coefficient (Wildman–Crippen LogP) is 3.17. The number of sulfonamides is 1. The summed E-state index contributed by atoms with van der Waals surface area (Å²) in [5.74, 6) is 0.795. The summed E-state index contributed by atoms with van der Waals surface area (Å²) in [5, 5.41) is 0. The number of aromatic amines is 1. The van der Waals surface area contributed by atoms with Gasteiger partial charge in [-0.25, -0.2) is 13.4 Å². The molecule has 7 heteroatoms. The highest BCUT2D eigenvalue weighted by Gasteiger charge is 2.22. The van der Waals surface area contributed by atoms with Gasteiger partial charge in [-0.05, 0) is 68.7 Å². The number of nitrogens with one attached hydrogen (secondary N) is 2. The second-order valence-corrected chi connectivity index (χ2v) is 8.52. The van der Waals surface area contributed by atoms with E-state index in [1.807, 2.05) is 12.3 Å². The van der Waals surface area contributed by atoms with Gasteiger partial charge in [0.15, 0.2) is 0 Å². The van der Waals surface area contributed by atoms with Gasteiger partial charge in [0.2, 0.25) is 0 Å². The highest BCUT2D eigenvalue weighted by atomic mass is 32.2. The number of nitrogens with zero attached hydrogens (tertiary/aromatic N) is 2. The molecule has 0 amide bonds. The standard InChI is InChI=1S/C19H22N4O2S/c1-23-11-9-14(10-12-23)16-13-20-17-7-8-18(21-19(16)17)22-26(24,25)15-5-3-2-4-6-15/h2-8,13-14,20H,9-12H2,1H3,(H,21,22). The minimum atomic E-state index is -3.64. The topological polar surface area (TPSA) is 78.1 Å². The second-order valence-electron chi connectivity index (χ2n) is 6.83. The van der Waals surface area contributed by atoms with Crippen LogP contribution in [-0.4, -0.2) is 43.4 Å². The van der Waals surface area contributed by atoms with Crippen LogP contribution in [-0.2, 0) is 10.0 Å². The number of hydrogen-bond acceptors (Lipinski definition) is 4. The summed E-state index contributed by atoms with van der Waals surface area (Å²) in [4.78, 5) is 10.4. The number of benzene rings is 1.